The van der Waals surface area contributed by atoms with Gasteiger partial charge in [0.25, 0.3) is 5.91 Å². The Kier molecular flexibility index (Phi) is 5.57. The fourth-order valence-electron chi connectivity index (χ4n) is 5.42. The molecule has 38 heavy (non-hydrogen) atoms. The summed E-state index contributed by atoms with van der Waals surface area (Å²) in [4.78, 5) is 34.3. The van der Waals surface area contributed by atoms with E-state index in [1.54, 1.807) is 23.0 Å². The number of likely N-dealkylation sites (tertiary alicyclic amines) is 1. The molecular weight excluding hydrogens is 504 g/mol. The predicted molar refractivity (Wildman–Crippen MR) is 142 cm³/mol. The third-order valence-corrected chi connectivity index (χ3v) is 8.95. The number of thiazole rings is 1. The van der Waals surface area contributed by atoms with Crippen molar-refractivity contribution >= 4 is 39.4 Å². The molecule has 2 N–H and O–H groups in total. The third-order valence-electron chi connectivity index (χ3n) is 7.80. The highest BCUT2D eigenvalue weighted by atomic mass is 32.1. The molecule has 2 fully saturated rings. The SMILES string of the molecule is Cc1ncc(NC(=O)CN2CCC3(CC3)C2)cc1NC(=O)c1cnn2cc(-c3cnn4c3COCC4)sc12. The first-order valence-corrected chi connectivity index (χ1v) is 13.7. The normalized spacial score (nSPS) is 18.1. The molecule has 0 unspecified atom stereocenters. The van der Waals surface area contributed by atoms with Gasteiger partial charge in [-0.15, -0.1) is 11.3 Å². The molecule has 0 atom stereocenters. The second-order valence-corrected chi connectivity index (χ2v) is 11.5. The van der Waals surface area contributed by atoms with E-state index in [-0.39, 0.29) is 11.8 Å². The van der Waals surface area contributed by atoms with Gasteiger partial charge < -0.3 is 15.4 Å². The monoisotopic (exact) mass is 532 g/mol. The molecule has 1 saturated carbocycles. The van der Waals surface area contributed by atoms with Crippen LogP contribution in [0.15, 0.2) is 30.9 Å². The Morgan fingerprint density at radius 1 is 1.13 bits per heavy atom. The number of anilines is 2. The average Bonchev–Trinajstić information content (AvgIpc) is 3.28. The van der Waals surface area contributed by atoms with Gasteiger partial charge in [-0.1, -0.05) is 0 Å². The minimum atomic E-state index is -0.283. The van der Waals surface area contributed by atoms with Gasteiger partial charge in [-0.2, -0.15) is 10.2 Å². The van der Waals surface area contributed by atoms with Crippen molar-refractivity contribution in [3.63, 3.8) is 0 Å². The first-order chi connectivity index (χ1) is 18.5. The van der Waals surface area contributed by atoms with Gasteiger partial charge in [0, 0.05) is 18.3 Å². The number of carbonyl (C=O) groups is 2. The van der Waals surface area contributed by atoms with E-state index in [1.807, 2.05) is 24.0 Å². The molecule has 12 heteroatoms. The largest absolute Gasteiger partial charge is 0.373 e. The Morgan fingerprint density at radius 3 is 2.87 bits per heavy atom. The first-order valence-electron chi connectivity index (χ1n) is 12.9. The van der Waals surface area contributed by atoms with Crippen LogP contribution in [0.4, 0.5) is 11.4 Å². The van der Waals surface area contributed by atoms with E-state index in [9.17, 15) is 9.59 Å². The van der Waals surface area contributed by atoms with Crippen LogP contribution >= 0.6 is 11.3 Å². The van der Waals surface area contributed by atoms with Gasteiger partial charge in [0.2, 0.25) is 5.91 Å². The molecule has 7 rings (SSSR count). The quantitative estimate of drug-likeness (QED) is 0.392. The number of carbonyl (C=O) groups excluding carboxylic acids is 2. The zero-order valence-corrected chi connectivity index (χ0v) is 21.9. The lowest BCUT2D eigenvalue weighted by atomic mass is 10.1. The van der Waals surface area contributed by atoms with Gasteiger partial charge in [0.1, 0.15) is 4.83 Å². The minimum Gasteiger partial charge on any atom is -0.373 e. The maximum Gasteiger partial charge on any atom is 0.260 e. The predicted octanol–water partition coefficient (Wildman–Crippen LogP) is 3.17. The molecule has 2 amide bonds. The number of ether oxygens (including phenoxy) is 1. The van der Waals surface area contributed by atoms with Crippen LogP contribution in [0.3, 0.4) is 0 Å². The number of hydrogen-bond acceptors (Lipinski definition) is 8. The Balaban J connectivity index is 1.06. The molecule has 196 valence electrons. The number of nitrogens with one attached hydrogen (secondary N) is 2. The number of aryl methyl sites for hydroxylation is 1. The minimum absolute atomic E-state index is 0.0668. The summed E-state index contributed by atoms with van der Waals surface area (Å²) in [5.41, 5.74) is 4.75. The van der Waals surface area contributed by atoms with Crippen molar-refractivity contribution in [1.29, 1.82) is 0 Å². The van der Waals surface area contributed by atoms with Crippen LogP contribution in [0.5, 0.6) is 0 Å². The van der Waals surface area contributed by atoms with Crippen LogP contribution in [0, 0.1) is 12.3 Å². The van der Waals surface area contributed by atoms with E-state index in [1.165, 1.54) is 30.6 Å². The summed E-state index contributed by atoms with van der Waals surface area (Å²) in [6.45, 7) is 6.09. The molecule has 4 aromatic rings. The summed E-state index contributed by atoms with van der Waals surface area (Å²) in [6, 6.07) is 1.75. The number of fused-ring (bicyclic) bond motifs is 2. The highest BCUT2D eigenvalue weighted by molar-refractivity contribution is 7.21. The van der Waals surface area contributed by atoms with Crippen molar-refractivity contribution in [2.45, 2.75) is 39.3 Å². The van der Waals surface area contributed by atoms with Crippen molar-refractivity contribution in [2.24, 2.45) is 5.41 Å². The lowest BCUT2D eigenvalue weighted by Crippen LogP contribution is -2.31. The fraction of sp³-hybridized carbons (Fsp3) is 0.423. The first kappa shape index (κ1) is 23.5. The number of amides is 2. The average molecular weight is 533 g/mol. The number of rotatable bonds is 6. The van der Waals surface area contributed by atoms with E-state index in [4.69, 9.17) is 4.74 Å². The zero-order valence-electron chi connectivity index (χ0n) is 21.1. The Bertz CT molecular complexity index is 1570. The summed E-state index contributed by atoms with van der Waals surface area (Å²) < 4.78 is 9.29. The second kappa shape index (κ2) is 9.00. The number of nitrogens with zero attached hydrogens (tertiary/aromatic N) is 6. The van der Waals surface area contributed by atoms with Crippen LogP contribution < -0.4 is 10.6 Å². The molecular formula is C26H28N8O3S. The Labute approximate surface area is 222 Å². The van der Waals surface area contributed by atoms with Crippen LogP contribution in [-0.2, 0) is 22.7 Å². The lowest BCUT2D eigenvalue weighted by molar-refractivity contribution is -0.117. The lowest BCUT2D eigenvalue weighted by Gasteiger charge is -2.16. The smallest absolute Gasteiger partial charge is 0.260 e. The Morgan fingerprint density at radius 2 is 2.03 bits per heavy atom. The molecule has 4 aromatic heterocycles. The summed E-state index contributed by atoms with van der Waals surface area (Å²) in [5, 5.41) is 14.8. The summed E-state index contributed by atoms with van der Waals surface area (Å²) in [5.74, 6) is -0.350. The fourth-order valence-corrected chi connectivity index (χ4v) is 6.51. The molecule has 11 nitrogen and oxygen atoms in total. The van der Waals surface area contributed by atoms with E-state index in [0.717, 1.165) is 40.6 Å². The maximum absolute atomic E-state index is 13.3. The molecule has 2 aliphatic heterocycles. The van der Waals surface area contributed by atoms with E-state index < -0.39 is 0 Å². The van der Waals surface area contributed by atoms with Crippen LogP contribution in [0.2, 0.25) is 0 Å². The number of hydrogen-bond donors (Lipinski definition) is 2. The topological polar surface area (TPSA) is 119 Å². The van der Waals surface area contributed by atoms with Crippen molar-refractivity contribution in [3.05, 3.63) is 47.8 Å². The van der Waals surface area contributed by atoms with Crippen molar-refractivity contribution in [2.75, 3.05) is 36.9 Å². The molecule has 0 bridgehead atoms. The third kappa shape index (κ3) is 4.28. The van der Waals surface area contributed by atoms with Gasteiger partial charge in [0.15, 0.2) is 0 Å². The van der Waals surface area contributed by atoms with E-state index >= 15 is 0 Å². The van der Waals surface area contributed by atoms with Gasteiger partial charge in [-0.05, 0) is 44.2 Å². The molecule has 1 saturated heterocycles. The highest BCUT2D eigenvalue weighted by Crippen LogP contribution is 2.52. The molecule has 1 spiro atoms. The Hall–Kier alpha value is -3.61. The van der Waals surface area contributed by atoms with Crippen LogP contribution in [0.1, 0.15) is 41.0 Å². The maximum atomic E-state index is 13.3. The highest BCUT2D eigenvalue weighted by Gasteiger charge is 2.47. The van der Waals surface area contributed by atoms with Gasteiger partial charge >= 0.3 is 0 Å². The number of pyridine rings is 1. The molecule has 1 aliphatic carbocycles. The molecule has 0 aromatic carbocycles. The molecule has 6 heterocycles. The number of aromatic nitrogens is 5. The van der Waals surface area contributed by atoms with E-state index in [0.29, 0.717) is 47.8 Å². The van der Waals surface area contributed by atoms with Crippen molar-refractivity contribution < 1.29 is 14.3 Å². The van der Waals surface area contributed by atoms with Crippen LogP contribution in [-0.4, -0.2) is 67.3 Å². The van der Waals surface area contributed by atoms with Crippen LogP contribution in [0.25, 0.3) is 15.3 Å². The van der Waals surface area contributed by atoms with Crippen molar-refractivity contribution in [1.82, 2.24) is 29.3 Å². The second-order valence-electron chi connectivity index (χ2n) is 10.5. The summed E-state index contributed by atoms with van der Waals surface area (Å²) in [6.07, 6.45) is 10.7. The van der Waals surface area contributed by atoms with Gasteiger partial charge in [-0.25, -0.2) is 4.52 Å². The standard InChI is InChI=1S/C26H28N8O3S/c1-16-20(8-17(9-27-16)30-23(35)13-32-5-4-26(15-32)2-3-26)31-24(36)19-11-29-34-12-22(38-25(19)34)18-10-28-33-6-7-37-14-21(18)33/h8-12H,2-7,13-15H2,1H3,(H,30,35)(H,31,36). The van der Waals surface area contributed by atoms with Gasteiger partial charge in [0.05, 0.1) is 78.1 Å². The molecule has 0 radical (unpaired) electrons. The summed E-state index contributed by atoms with van der Waals surface area (Å²) in [7, 11) is 0. The van der Waals surface area contributed by atoms with Crippen molar-refractivity contribution in [3.8, 4) is 10.4 Å². The van der Waals surface area contributed by atoms with Gasteiger partial charge in [-0.3, -0.25) is 24.2 Å². The summed E-state index contributed by atoms with van der Waals surface area (Å²) >= 11 is 1.49. The zero-order chi connectivity index (χ0) is 25.9. The van der Waals surface area contributed by atoms with E-state index in [2.05, 4.69) is 30.7 Å². The molecule has 3 aliphatic rings.